The first-order valence-electron chi connectivity index (χ1n) is 8.10. The molecule has 24 heavy (non-hydrogen) atoms. The quantitative estimate of drug-likeness (QED) is 0.564. The lowest BCUT2D eigenvalue weighted by Gasteiger charge is -2.07. The molecular weight excluding hydrogens is 310 g/mol. The minimum Gasteiger partial charge on any atom is -0.479 e. The van der Waals surface area contributed by atoms with Gasteiger partial charge >= 0.3 is 11.9 Å². The fourth-order valence-corrected chi connectivity index (χ4v) is 2.47. The second-order valence-corrected chi connectivity index (χ2v) is 5.34. The molecule has 0 aliphatic heterocycles. The number of aromatic nitrogens is 1. The molecule has 2 aromatic rings. The highest BCUT2D eigenvalue weighted by molar-refractivity contribution is 5.89. The van der Waals surface area contributed by atoms with Crippen LogP contribution in [0.2, 0.25) is 0 Å². The number of esters is 2. The molecule has 0 saturated carbocycles. The minimum absolute atomic E-state index is 0.151. The van der Waals surface area contributed by atoms with Gasteiger partial charge in [-0.15, -0.1) is 0 Å². The Labute approximate surface area is 141 Å². The Morgan fingerprint density at radius 2 is 1.92 bits per heavy atom. The van der Waals surface area contributed by atoms with Gasteiger partial charge in [0.05, 0.1) is 26.7 Å². The van der Waals surface area contributed by atoms with E-state index in [1.165, 1.54) is 7.11 Å². The highest BCUT2D eigenvalue weighted by atomic mass is 16.5. The summed E-state index contributed by atoms with van der Waals surface area (Å²) >= 11 is 0. The lowest BCUT2D eigenvalue weighted by atomic mass is 10.1. The number of carbonyl (C=O) groups excluding carboxylic acids is 2. The third-order valence-corrected chi connectivity index (χ3v) is 3.65. The molecule has 0 spiro atoms. The van der Waals surface area contributed by atoms with Crippen LogP contribution >= 0.6 is 0 Å². The Balaban J connectivity index is 1.96. The molecule has 1 aromatic carbocycles. The van der Waals surface area contributed by atoms with Crippen LogP contribution in [-0.4, -0.2) is 37.2 Å². The van der Waals surface area contributed by atoms with Crippen molar-refractivity contribution >= 4 is 22.8 Å². The molecule has 0 saturated heterocycles. The number of aromatic amines is 1. The number of para-hydroxylation sites is 1. The van der Waals surface area contributed by atoms with Crippen LogP contribution in [-0.2, 0) is 25.5 Å². The SMILES string of the molecule is CCOC(=O)CCCCOc1[nH]c2ccccc2c1CC(=O)OC. The van der Waals surface area contributed by atoms with E-state index in [1.54, 1.807) is 6.92 Å². The maximum atomic E-state index is 11.6. The van der Waals surface area contributed by atoms with E-state index in [0.717, 1.165) is 22.9 Å². The van der Waals surface area contributed by atoms with E-state index in [-0.39, 0.29) is 18.4 Å². The monoisotopic (exact) mass is 333 g/mol. The highest BCUT2D eigenvalue weighted by Crippen LogP contribution is 2.29. The van der Waals surface area contributed by atoms with Crippen LogP contribution in [0.25, 0.3) is 10.9 Å². The summed E-state index contributed by atoms with van der Waals surface area (Å²) in [6, 6.07) is 7.71. The number of hydrogen-bond donors (Lipinski definition) is 1. The van der Waals surface area contributed by atoms with Gasteiger partial charge in [-0.2, -0.15) is 0 Å². The van der Waals surface area contributed by atoms with Crippen molar-refractivity contribution in [3.8, 4) is 5.88 Å². The number of hydrogen-bond acceptors (Lipinski definition) is 5. The Kier molecular flexibility index (Phi) is 6.66. The van der Waals surface area contributed by atoms with Crippen molar-refractivity contribution < 1.29 is 23.8 Å². The average Bonchev–Trinajstić information content (AvgIpc) is 2.92. The fourth-order valence-electron chi connectivity index (χ4n) is 2.47. The van der Waals surface area contributed by atoms with Crippen LogP contribution in [0.1, 0.15) is 31.7 Å². The van der Waals surface area contributed by atoms with Gasteiger partial charge in [-0.1, -0.05) is 18.2 Å². The molecule has 0 fully saturated rings. The molecule has 1 heterocycles. The maximum absolute atomic E-state index is 11.6. The highest BCUT2D eigenvalue weighted by Gasteiger charge is 2.16. The molecule has 0 atom stereocenters. The number of fused-ring (bicyclic) bond motifs is 1. The summed E-state index contributed by atoms with van der Waals surface area (Å²) in [4.78, 5) is 26.1. The Bertz CT molecular complexity index is 692. The summed E-state index contributed by atoms with van der Waals surface area (Å²) in [5, 5.41) is 0.949. The zero-order valence-electron chi connectivity index (χ0n) is 14.1. The molecule has 0 bridgehead atoms. The van der Waals surface area contributed by atoms with Gasteiger partial charge in [-0.05, 0) is 25.8 Å². The van der Waals surface area contributed by atoms with Crippen LogP contribution < -0.4 is 4.74 Å². The largest absolute Gasteiger partial charge is 0.479 e. The van der Waals surface area contributed by atoms with Gasteiger partial charge in [0.1, 0.15) is 0 Å². The van der Waals surface area contributed by atoms with Gasteiger partial charge < -0.3 is 19.2 Å². The topological polar surface area (TPSA) is 77.6 Å². The Hall–Kier alpha value is -2.50. The number of H-pyrrole nitrogens is 1. The van der Waals surface area contributed by atoms with Crippen molar-refractivity contribution in [2.45, 2.75) is 32.6 Å². The van der Waals surface area contributed by atoms with Crippen molar-refractivity contribution in [3.63, 3.8) is 0 Å². The van der Waals surface area contributed by atoms with E-state index in [9.17, 15) is 9.59 Å². The number of benzene rings is 1. The number of carbonyl (C=O) groups is 2. The minimum atomic E-state index is -0.313. The molecule has 0 amide bonds. The summed E-state index contributed by atoms with van der Waals surface area (Å²) in [5.41, 5.74) is 1.71. The molecular formula is C18H23NO5. The van der Waals surface area contributed by atoms with Crippen LogP contribution in [0.4, 0.5) is 0 Å². The summed E-state index contributed by atoms with van der Waals surface area (Å²) < 4.78 is 15.4. The van der Waals surface area contributed by atoms with Crippen molar-refractivity contribution in [2.24, 2.45) is 0 Å². The molecule has 130 valence electrons. The molecule has 0 aliphatic rings. The van der Waals surface area contributed by atoms with E-state index < -0.39 is 0 Å². The van der Waals surface area contributed by atoms with Crippen LogP contribution in [0, 0.1) is 0 Å². The van der Waals surface area contributed by atoms with Gasteiger partial charge in [-0.3, -0.25) is 9.59 Å². The van der Waals surface area contributed by atoms with Gasteiger partial charge in [0.2, 0.25) is 0 Å². The van der Waals surface area contributed by atoms with Gasteiger partial charge in [0, 0.05) is 22.9 Å². The van der Waals surface area contributed by atoms with Gasteiger partial charge in [0.25, 0.3) is 0 Å². The summed E-state index contributed by atoms with van der Waals surface area (Å²) in [7, 11) is 1.37. The number of ether oxygens (including phenoxy) is 3. The molecule has 6 nitrogen and oxygen atoms in total. The lowest BCUT2D eigenvalue weighted by Crippen LogP contribution is -2.07. The van der Waals surface area contributed by atoms with Crippen molar-refractivity contribution in [3.05, 3.63) is 29.8 Å². The zero-order valence-corrected chi connectivity index (χ0v) is 14.1. The third-order valence-electron chi connectivity index (χ3n) is 3.65. The van der Waals surface area contributed by atoms with Gasteiger partial charge in [0.15, 0.2) is 5.88 Å². The number of unbranched alkanes of at least 4 members (excludes halogenated alkanes) is 1. The average molecular weight is 333 g/mol. The first-order chi connectivity index (χ1) is 11.7. The lowest BCUT2D eigenvalue weighted by molar-refractivity contribution is -0.143. The first-order valence-corrected chi connectivity index (χ1v) is 8.10. The molecule has 0 radical (unpaired) electrons. The number of nitrogens with one attached hydrogen (secondary N) is 1. The van der Waals surface area contributed by atoms with Crippen molar-refractivity contribution in [2.75, 3.05) is 20.3 Å². The molecule has 0 unspecified atom stereocenters. The maximum Gasteiger partial charge on any atom is 0.310 e. The second-order valence-electron chi connectivity index (χ2n) is 5.34. The van der Waals surface area contributed by atoms with E-state index in [4.69, 9.17) is 14.2 Å². The summed E-state index contributed by atoms with van der Waals surface area (Å²) in [6.07, 6.45) is 1.97. The van der Waals surface area contributed by atoms with Crippen molar-refractivity contribution in [1.29, 1.82) is 0 Å². The van der Waals surface area contributed by atoms with Gasteiger partial charge in [-0.25, -0.2) is 0 Å². The van der Waals surface area contributed by atoms with Crippen molar-refractivity contribution in [1.82, 2.24) is 4.98 Å². The third kappa shape index (κ3) is 4.75. The molecule has 6 heteroatoms. The van der Waals surface area contributed by atoms with E-state index in [0.29, 0.717) is 31.9 Å². The molecule has 0 aliphatic carbocycles. The number of rotatable bonds is 9. The first kappa shape index (κ1) is 17.8. The van der Waals surface area contributed by atoms with E-state index >= 15 is 0 Å². The molecule has 1 aromatic heterocycles. The summed E-state index contributed by atoms with van der Waals surface area (Å²) in [5.74, 6) is 0.0825. The smallest absolute Gasteiger partial charge is 0.310 e. The normalized spacial score (nSPS) is 10.6. The van der Waals surface area contributed by atoms with E-state index in [1.807, 2.05) is 24.3 Å². The predicted molar refractivity (Wildman–Crippen MR) is 90.0 cm³/mol. The predicted octanol–water partition coefficient (Wildman–Crippen LogP) is 3.00. The second kappa shape index (κ2) is 8.96. The zero-order chi connectivity index (χ0) is 17.4. The fraction of sp³-hybridized carbons (Fsp3) is 0.444. The van der Waals surface area contributed by atoms with Crippen LogP contribution in [0.5, 0.6) is 5.88 Å². The summed E-state index contributed by atoms with van der Waals surface area (Å²) in [6.45, 7) is 2.65. The molecule has 1 N–H and O–H groups in total. The van der Waals surface area contributed by atoms with Crippen LogP contribution in [0.3, 0.4) is 0 Å². The number of methoxy groups -OCH3 is 1. The molecule has 2 rings (SSSR count). The van der Waals surface area contributed by atoms with E-state index in [2.05, 4.69) is 4.98 Å². The Morgan fingerprint density at radius 1 is 1.12 bits per heavy atom. The van der Waals surface area contributed by atoms with Crippen LogP contribution in [0.15, 0.2) is 24.3 Å². The standard InChI is InChI=1S/C18H23NO5/c1-3-23-16(20)10-6-7-11-24-18-14(12-17(21)22-2)13-8-4-5-9-15(13)19-18/h4-5,8-9,19H,3,6-7,10-12H2,1-2H3. The Morgan fingerprint density at radius 3 is 2.67 bits per heavy atom.